The Morgan fingerprint density at radius 1 is 1.21 bits per heavy atom. The molecule has 1 N–H and O–H groups in total. The fourth-order valence-corrected chi connectivity index (χ4v) is 3.65. The van der Waals surface area contributed by atoms with Crippen molar-refractivity contribution >= 4 is 40.1 Å². The molecule has 33 heavy (non-hydrogen) atoms. The van der Waals surface area contributed by atoms with Crippen LogP contribution in [0.5, 0.6) is 0 Å². The monoisotopic (exact) mass is 460 g/mol. The molecule has 0 saturated carbocycles. The number of hydrogen-bond donors (Lipinski definition) is 1. The van der Waals surface area contributed by atoms with Crippen molar-refractivity contribution in [2.45, 2.75) is 32.5 Å². The highest BCUT2D eigenvalue weighted by atomic mass is 19.4. The average molecular weight is 460 g/mol. The molecule has 172 valence electrons. The zero-order valence-corrected chi connectivity index (χ0v) is 17.7. The largest absolute Gasteiger partial charge is 0.464 e. The van der Waals surface area contributed by atoms with Gasteiger partial charge in [-0.1, -0.05) is 12.1 Å². The van der Waals surface area contributed by atoms with E-state index in [0.717, 1.165) is 34.0 Å². The molecule has 2 heterocycles. The number of esters is 1. The molecular formula is C23H19F3N2O5. The van der Waals surface area contributed by atoms with E-state index < -0.39 is 42.2 Å². The van der Waals surface area contributed by atoms with Gasteiger partial charge in [-0.25, -0.2) is 0 Å². The summed E-state index contributed by atoms with van der Waals surface area (Å²) < 4.78 is 49.7. The lowest BCUT2D eigenvalue weighted by Crippen LogP contribution is -2.47. The first kappa shape index (κ1) is 22.4. The molecule has 2 aromatic carbocycles. The zero-order valence-electron chi connectivity index (χ0n) is 17.7. The number of anilines is 2. The van der Waals surface area contributed by atoms with Crippen LogP contribution in [0.3, 0.4) is 0 Å². The number of fused-ring (bicyclic) bond motifs is 2. The van der Waals surface area contributed by atoms with Gasteiger partial charge in [0.1, 0.15) is 12.1 Å². The minimum absolute atomic E-state index is 0.0895. The van der Waals surface area contributed by atoms with Crippen LogP contribution in [0.2, 0.25) is 0 Å². The van der Waals surface area contributed by atoms with Gasteiger partial charge in [0, 0.05) is 10.9 Å². The number of aryl methyl sites for hydroxylation is 1. The number of carbonyl (C=O) groups is 3. The summed E-state index contributed by atoms with van der Waals surface area (Å²) in [4.78, 5) is 38.4. The van der Waals surface area contributed by atoms with Crippen molar-refractivity contribution in [3.8, 4) is 0 Å². The highest BCUT2D eigenvalue weighted by molar-refractivity contribution is 6.11. The van der Waals surface area contributed by atoms with Crippen LogP contribution in [0, 0.1) is 6.92 Å². The van der Waals surface area contributed by atoms with E-state index in [2.05, 4.69) is 5.32 Å². The van der Waals surface area contributed by atoms with Crippen molar-refractivity contribution in [2.24, 2.45) is 0 Å². The number of carbonyl (C=O) groups excluding carboxylic acids is 3. The molecule has 0 fully saturated rings. The molecule has 1 aliphatic heterocycles. The van der Waals surface area contributed by atoms with Crippen LogP contribution < -0.4 is 10.2 Å². The molecule has 0 bridgehead atoms. The van der Waals surface area contributed by atoms with Crippen LogP contribution in [0.1, 0.15) is 23.6 Å². The summed E-state index contributed by atoms with van der Waals surface area (Å²) in [6.07, 6.45) is -4.56. The maximum atomic E-state index is 13.0. The smallest absolute Gasteiger partial charge is 0.416 e. The molecular weight excluding hydrogens is 441 g/mol. The highest BCUT2D eigenvalue weighted by Crippen LogP contribution is 2.37. The van der Waals surface area contributed by atoms with Gasteiger partial charge >= 0.3 is 12.1 Å². The Balaban J connectivity index is 1.49. The first-order valence-electron chi connectivity index (χ1n) is 10.0. The number of alkyl halides is 3. The predicted molar refractivity (Wildman–Crippen MR) is 113 cm³/mol. The van der Waals surface area contributed by atoms with E-state index >= 15 is 0 Å². The number of nitrogens with one attached hydrogen (secondary N) is 1. The Kier molecular flexibility index (Phi) is 5.61. The lowest BCUT2D eigenvalue weighted by molar-refractivity contribution is -0.153. The predicted octanol–water partition coefficient (Wildman–Crippen LogP) is 4.22. The summed E-state index contributed by atoms with van der Waals surface area (Å²) in [6, 6.07) is 8.21. The Hall–Kier alpha value is -3.82. The Morgan fingerprint density at radius 2 is 1.97 bits per heavy atom. The van der Waals surface area contributed by atoms with Gasteiger partial charge in [-0.05, 0) is 43.7 Å². The van der Waals surface area contributed by atoms with Crippen molar-refractivity contribution in [3.63, 3.8) is 0 Å². The third-order valence-electron chi connectivity index (χ3n) is 5.26. The van der Waals surface area contributed by atoms with E-state index in [-0.39, 0.29) is 17.8 Å². The second kappa shape index (κ2) is 8.27. The molecule has 1 unspecified atom stereocenters. The van der Waals surface area contributed by atoms with Crippen LogP contribution in [-0.4, -0.2) is 30.4 Å². The fraction of sp³-hybridized carbons (Fsp3) is 0.261. The van der Waals surface area contributed by atoms with E-state index in [1.54, 1.807) is 0 Å². The fourth-order valence-electron chi connectivity index (χ4n) is 3.65. The van der Waals surface area contributed by atoms with Crippen LogP contribution >= 0.6 is 0 Å². The number of rotatable bonds is 4. The lowest BCUT2D eigenvalue weighted by Gasteiger charge is -2.31. The number of furan rings is 1. The average Bonchev–Trinajstić information content (AvgIpc) is 3.12. The van der Waals surface area contributed by atoms with Gasteiger partial charge in [-0.15, -0.1) is 0 Å². The minimum atomic E-state index is -4.61. The molecule has 10 heteroatoms. The third-order valence-corrected chi connectivity index (χ3v) is 5.26. The lowest BCUT2D eigenvalue weighted by atomic mass is 10.1. The zero-order chi connectivity index (χ0) is 23.9. The highest BCUT2D eigenvalue weighted by Gasteiger charge is 2.35. The molecule has 0 aliphatic carbocycles. The van der Waals surface area contributed by atoms with Crippen molar-refractivity contribution in [1.29, 1.82) is 0 Å². The van der Waals surface area contributed by atoms with Crippen molar-refractivity contribution in [3.05, 3.63) is 59.4 Å². The molecule has 3 aromatic rings. The normalized spacial score (nSPS) is 14.6. The van der Waals surface area contributed by atoms with Crippen molar-refractivity contribution < 1.29 is 36.7 Å². The van der Waals surface area contributed by atoms with E-state index in [9.17, 15) is 27.6 Å². The quantitative estimate of drug-likeness (QED) is 0.589. The summed E-state index contributed by atoms with van der Waals surface area (Å²) in [7, 11) is 0. The van der Waals surface area contributed by atoms with Crippen LogP contribution in [0.25, 0.3) is 11.0 Å². The number of nitrogens with zero attached hydrogens (tertiary/aromatic N) is 1. The molecule has 7 nitrogen and oxygen atoms in total. The van der Waals surface area contributed by atoms with E-state index in [1.165, 1.54) is 13.2 Å². The third kappa shape index (κ3) is 4.55. The second-order valence-electron chi connectivity index (χ2n) is 7.77. The molecule has 0 saturated heterocycles. The SMILES string of the molecule is Cc1ccc2c(CC(=O)OC(C)C(=O)N3CC(=O)Nc4cc(C(F)(F)F)ccc43)coc2c1. The number of benzene rings is 2. The molecule has 1 aliphatic rings. The molecule has 4 rings (SSSR count). The Labute approximate surface area is 186 Å². The topological polar surface area (TPSA) is 88.9 Å². The summed E-state index contributed by atoms with van der Waals surface area (Å²) in [6.45, 7) is 2.84. The molecule has 1 aromatic heterocycles. The number of halogens is 3. The first-order valence-corrected chi connectivity index (χ1v) is 10.0. The van der Waals surface area contributed by atoms with Gasteiger partial charge in [0.05, 0.1) is 29.6 Å². The van der Waals surface area contributed by atoms with E-state index in [4.69, 9.17) is 9.15 Å². The summed E-state index contributed by atoms with van der Waals surface area (Å²) in [5.41, 5.74) is 1.20. The van der Waals surface area contributed by atoms with Gasteiger partial charge in [0.2, 0.25) is 5.91 Å². The Morgan fingerprint density at radius 3 is 2.70 bits per heavy atom. The maximum Gasteiger partial charge on any atom is 0.416 e. The minimum Gasteiger partial charge on any atom is -0.464 e. The van der Waals surface area contributed by atoms with Crippen molar-refractivity contribution in [1.82, 2.24) is 0 Å². The molecule has 0 spiro atoms. The second-order valence-corrected chi connectivity index (χ2v) is 7.77. The van der Waals surface area contributed by atoms with Crippen LogP contribution in [0.15, 0.2) is 47.1 Å². The van der Waals surface area contributed by atoms with Crippen LogP contribution in [0.4, 0.5) is 24.5 Å². The summed E-state index contributed by atoms with van der Waals surface area (Å²) >= 11 is 0. The first-order chi connectivity index (χ1) is 15.5. The number of hydrogen-bond acceptors (Lipinski definition) is 5. The molecule has 0 radical (unpaired) electrons. The van der Waals surface area contributed by atoms with Gasteiger partial charge in [0.25, 0.3) is 5.91 Å². The van der Waals surface area contributed by atoms with Gasteiger partial charge in [-0.3, -0.25) is 19.3 Å². The van der Waals surface area contributed by atoms with E-state index in [1.807, 2.05) is 25.1 Å². The van der Waals surface area contributed by atoms with Gasteiger partial charge < -0.3 is 14.5 Å². The molecule has 2 amide bonds. The number of amides is 2. The number of ether oxygens (including phenoxy) is 1. The molecule has 1 atom stereocenters. The summed E-state index contributed by atoms with van der Waals surface area (Å²) in [5, 5.41) is 3.09. The Bertz CT molecular complexity index is 1260. The maximum absolute atomic E-state index is 13.0. The van der Waals surface area contributed by atoms with Gasteiger partial charge in [0.15, 0.2) is 6.10 Å². The van der Waals surface area contributed by atoms with E-state index in [0.29, 0.717) is 11.1 Å². The van der Waals surface area contributed by atoms with Crippen molar-refractivity contribution in [2.75, 3.05) is 16.8 Å². The summed E-state index contributed by atoms with van der Waals surface area (Å²) in [5.74, 6) is -2.08. The van der Waals surface area contributed by atoms with Crippen LogP contribution in [-0.2, 0) is 31.7 Å². The standard InChI is InChI=1S/C23H19F3N2O5/c1-12-3-5-16-14(11-32-19(16)7-12)8-21(30)33-13(2)22(31)28-10-20(29)27-17-9-15(23(24,25)26)4-6-18(17)28/h3-7,9,11,13H,8,10H2,1-2H3,(H,27,29). The van der Waals surface area contributed by atoms with Gasteiger partial charge in [-0.2, -0.15) is 13.2 Å².